The minimum atomic E-state index is -1.52. The number of ketones is 1. The van der Waals surface area contributed by atoms with Gasteiger partial charge in [-0.1, -0.05) is 19.1 Å². The Bertz CT molecular complexity index is 1540. The smallest absolute Gasteiger partial charge is 0.336 e. The highest BCUT2D eigenvalue weighted by Crippen LogP contribution is 2.43. The lowest BCUT2D eigenvalue weighted by atomic mass is 9.92. The van der Waals surface area contributed by atoms with E-state index in [0.29, 0.717) is 22.2 Å². The van der Waals surface area contributed by atoms with Gasteiger partial charge in [-0.2, -0.15) is 0 Å². The van der Waals surface area contributed by atoms with Crippen LogP contribution in [0.15, 0.2) is 57.9 Å². The molecule has 0 fully saturated rings. The third-order valence-corrected chi connectivity index (χ3v) is 5.82. The van der Waals surface area contributed by atoms with E-state index in [1.807, 2.05) is 0 Å². The molecule has 4 aromatic rings. The van der Waals surface area contributed by atoms with Gasteiger partial charge in [0, 0.05) is 35.1 Å². The van der Waals surface area contributed by atoms with Gasteiger partial charge in [-0.3, -0.25) is 9.59 Å². The average molecular weight is 476 g/mol. The monoisotopic (exact) mass is 476 g/mol. The number of nitrogens with one attached hydrogen (secondary N) is 1. The zero-order valence-corrected chi connectivity index (χ0v) is 18.7. The summed E-state index contributed by atoms with van der Waals surface area (Å²) in [5, 5.41) is 30.5. The molecule has 1 aliphatic heterocycles. The Kier molecular flexibility index (Phi) is 5.04. The first-order valence-electron chi connectivity index (χ1n) is 10.7. The molecular formula is C24H20N4O7. The summed E-state index contributed by atoms with van der Waals surface area (Å²) in [7, 11) is 0. The third-order valence-electron chi connectivity index (χ3n) is 5.82. The Morgan fingerprint density at radius 3 is 2.57 bits per heavy atom. The molecule has 3 N–H and O–H groups in total. The summed E-state index contributed by atoms with van der Waals surface area (Å²) in [5.74, 6) is -1.47. The Balaban J connectivity index is 1.42. The van der Waals surface area contributed by atoms with Crippen LogP contribution in [0, 0.1) is 5.92 Å². The van der Waals surface area contributed by atoms with Gasteiger partial charge in [0.1, 0.15) is 28.5 Å². The molecular weight excluding hydrogens is 456 g/mol. The van der Waals surface area contributed by atoms with Crippen molar-refractivity contribution < 1.29 is 29.0 Å². The Labute approximate surface area is 197 Å². The van der Waals surface area contributed by atoms with Gasteiger partial charge in [0.2, 0.25) is 5.78 Å². The Morgan fingerprint density at radius 1 is 1.11 bits per heavy atom. The van der Waals surface area contributed by atoms with Crippen LogP contribution < -0.4 is 15.7 Å². The highest BCUT2D eigenvalue weighted by molar-refractivity contribution is 6.08. The van der Waals surface area contributed by atoms with Gasteiger partial charge < -0.3 is 24.7 Å². The zero-order chi connectivity index (χ0) is 24.9. The van der Waals surface area contributed by atoms with Crippen LogP contribution in [0.1, 0.15) is 40.3 Å². The number of Topliss-reactive ketones (excluding diaryl/α,β-unsaturated/α-hetero) is 1. The second-order valence-electron chi connectivity index (χ2n) is 8.50. The fraction of sp³-hybridized carbons (Fsp3) is 0.208. The lowest BCUT2D eigenvalue weighted by molar-refractivity contribution is -0.0241. The van der Waals surface area contributed by atoms with Crippen LogP contribution in [0.3, 0.4) is 0 Å². The van der Waals surface area contributed by atoms with Crippen LogP contribution >= 0.6 is 0 Å². The van der Waals surface area contributed by atoms with E-state index in [4.69, 9.17) is 9.15 Å². The summed E-state index contributed by atoms with van der Waals surface area (Å²) in [6.07, 6.45) is 1.50. The highest BCUT2D eigenvalue weighted by atomic mass is 16.5. The zero-order valence-electron chi connectivity index (χ0n) is 18.7. The van der Waals surface area contributed by atoms with E-state index in [0.717, 1.165) is 6.07 Å². The molecule has 11 nitrogen and oxygen atoms in total. The average Bonchev–Trinajstić information content (AvgIpc) is 3.38. The van der Waals surface area contributed by atoms with E-state index in [1.165, 1.54) is 35.1 Å². The molecule has 3 heterocycles. The number of phenolic OH excluding ortho intramolecular Hbond substituents is 2. The number of phenols is 2. The summed E-state index contributed by atoms with van der Waals surface area (Å²) >= 11 is 0. The summed E-state index contributed by atoms with van der Waals surface area (Å²) in [5.41, 5.74) is -0.992. The number of hydrogen-bond acceptors (Lipinski definition) is 9. The molecule has 178 valence electrons. The maximum atomic E-state index is 13.6. The Hall–Kier alpha value is -4.67. The van der Waals surface area contributed by atoms with Crippen LogP contribution in [0.25, 0.3) is 11.0 Å². The van der Waals surface area contributed by atoms with E-state index >= 15 is 0 Å². The maximum Gasteiger partial charge on any atom is 0.336 e. The molecule has 35 heavy (non-hydrogen) atoms. The minimum Gasteiger partial charge on any atom is -0.508 e. The topological polar surface area (TPSA) is 157 Å². The first kappa shape index (κ1) is 22.1. The van der Waals surface area contributed by atoms with Crippen molar-refractivity contribution in [2.24, 2.45) is 5.92 Å². The molecule has 0 saturated carbocycles. The predicted molar refractivity (Wildman–Crippen MR) is 121 cm³/mol. The van der Waals surface area contributed by atoms with E-state index in [9.17, 15) is 24.6 Å². The number of nitrogens with zero attached hydrogens (tertiary/aromatic N) is 3. The number of hydrogen-bond donors (Lipinski definition) is 3. The normalized spacial score (nSPS) is 16.9. The van der Waals surface area contributed by atoms with Crippen molar-refractivity contribution in [2.75, 3.05) is 0 Å². The van der Waals surface area contributed by atoms with Crippen LogP contribution in [-0.4, -0.2) is 36.9 Å². The number of carbonyl (C=O) groups excluding carboxylic acids is 2. The van der Waals surface area contributed by atoms with Crippen LogP contribution in [-0.2, 0) is 12.3 Å². The van der Waals surface area contributed by atoms with Crippen molar-refractivity contribution in [3.63, 3.8) is 0 Å². The van der Waals surface area contributed by atoms with Gasteiger partial charge in [-0.15, -0.1) is 5.10 Å². The molecule has 5 rings (SSSR count). The van der Waals surface area contributed by atoms with Crippen molar-refractivity contribution in [3.05, 3.63) is 75.9 Å². The minimum absolute atomic E-state index is 0.0282. The van der Waals surface area contributed by atoms with Crippen LogP contribution in [0.2, 0.25) is 0 Å². The molecule has 11 heteroatoms. The number of rotatable bonds is 5. The van der Waals surface area contributed by atoms with Crippen molar-refractivity contribution in [3.8, 4) is 17.2 Å². The Morgan fingerprint density at radius 2 is 1.86 bits per heavy atom. The molecule has 1 unspecified atom stereocenters. The molecule has 1 amide bonds. The van der Waals surface area contributed by atoms with Gasteiger partial charge in [0.15, 0.2) is 0 Å². The molecule has 1 aliphatic rings. The van der Waals surface area contributed by atoms with Crippen molar-refractivity contribution in [1.29, 1.82) is 0 Å². The first-order chi connectivity index (χ1) is 16.7. The van der Waals surface area contributed by atoms with Gasteiger partial charge in [-0.25, -0.2) is 9.48 Å². The summed E-state index contributed by atoms with van der Waals surface area (Å²) in [4.78, 5) is 37.6. The molecule has 0 bridgehead atoms. The van der Waals surface area contributed by atoms with Gasteiger partial charge in [-0.05, 0) is 24.3 Å². The largest absolute Gasteiger partial charge is 0.508 e. The number of amides is 1. The lowest BCUT2D eigenvalue weighted by Gasteiger charge is -2.30. The van der Waals surface area contributed by atoms with E-state index < -0.39 is 17.3 Å². The molecule has 2 aromatic heterocycles. The fourth-order valence-corrected chi connectivity index (χ4v) is 4.10. The van der Waals surface area contributed by atoms with Crippen LogP contribution in [0.4, 0.5) is 0 Å². The van der Waals surface area contributed by atoms with Gasteiger partial charge >= 0.3 is 5.63 Å². The standard InChI is InChI=1S/C24H20N4O7/c1-12(2)24(22(32)18-7-13-3-4-21(31)34-19(13)9-20(18)35-24)28-11-15(26-27-28)10-25-23(33)14-5-16(29)8-17(30)6-14/h3-9,11-12,29-30H,10H2,1-2H3,(H,25,33). The quantitative estimate of drug-likeness (QED) is 0.368. The highest BCUT2D eigenvalue weighted by Gasteiger charge is 2.53. The molecule has 0 aliphatic carbocycles. The predicted octanol–water partition coefficient (Wildman–Crippen LogP) is 2.31. The first-order valence-corrected chi connectivity index (χ1v) is 10.7. The van der Waals surface area contributed by atoms with E-state index in [1.54, 1.807) is 26.0 Å². The van der Waals surface area contributed by atoms with Crippen molar-refractivity contribution in [2.45, 2.75) is 26.1 Å². The molecule has 2 aromatic carbocycles. The molecule has 0 saturated heterocycles. The number of ether oxygens (including phenoxy) is 1. The lowest BCUT2D eigenvalue weighted by Crippen LogP contribution is -2.48. The maximum absolute atomic E-state index is 13.6. The van der Waals surface area contributed by atoms with Crippen LogP contribution in [0.5, 0.6) is 17.2 Å². The fourth-order valence-electron chi connectivity index (χ4n) is 4.10. The molecule has 0 radical (unpaired) electrons. The number of fused-ring (bicyclic) bond motifs is 2. The third kappa shape index (κ3) is 3.66. The number of carbonyl (C=O) groups is 2. The van der Waals surface area contributed by atoms with Crippen molar-refractivity contribution in [1.82, 2.24) is 20.3 Å². The molecule has 0 spiro atoms. The van der Waals surface area contributed by atoms with E-state index in [-0.39, 0.29) is 41.1 Å². The van der Waals surface area contributed by atoms with Crippen molar-refractivity contribution >= 4 is 22.7 Å². The van der Waals surface area contributed by atoms with E-state index in [2.05, 4.69) is 15.6 Å². The number of benzene rings is 2. The summed E-state index contributed by atoms with van der Waals surface area (Å²) in [6, 6.07) is 9.52. The number of aromatic nitrogens is 3. The summed E-state index contributed by atoms with van der Waals surface area (Å²) < 4.78 is 12.7. The second kappa shape index (κ2) is 7.97. The number of aromatic hydroxyl groups is 2. The van der Waals surface area contributed by atoms with Gasteiger partial charge in [0.25, 0.3) is 11.6 Å². The van der Waals surface area contributed by atoms with Gasteiger partial charge in [0.05, 0.1) is 18.3 Å². The summed E-state index contributed by atoms with van der Waals surface area (Å²) in [6.45, 7) is 3.59. The molecule has 1 atom stereocenters. The second-order valence-corrected chi connectivity index (χ2v) is 8.50. The SMILES string of the molecule is CC(C)C1(n2cc(CNC(=O)c3cc(O)cc(O)c3)nn2)Oc2cc3oc(=O)ccc3cc2C1=O.